The third kappa shape index (κ3) is 5.07. The second-order valence-electron chi connectivity index (χ2n) is 8.79. The highest BCUT2D eigenvalue weighted by Crippen LogP contribution is 2.44. The minimum Gasteiger partial charge on any atom is -0.288 e. The lowest BCUT2D eigenvalue weighted by Crippen LogP contribution is -2.52. The Labute approximate surface area is 217 Å². The van der Waals surface area contributed by atoms with Gasteiger partial charge in [0.1, 0.15) is 0 Å². The van der Waals surface area contributed by atoms with E-state index in [0.29, 0.717) is 23.3 Å². The van der Waals surface area contributed by atoms with Gasteiger partial charge in [0.05, 0.1) is 5.69 Å². The Morgan fingerprint density at radius 1 is 1.05 bits per heavy atom. The number of hydrogen-bond donors (Lipinski definition) is 3. The molecule has 0 radical (unpaired) electrons. The molecule has 0 bridgehead atoms. The van der Waals surface area contributed by atoms with E-state index in [2.05, 4.69) is 9.71 Å². The van der Waals surface area contributed by atoms with Crippen molar-refractivity contribution in [3.63, 3.8) is 0 Å². The van der Waals surface area contributed by atoms with Crippen molar-refractivity contribution in [1.29, 1.82) is 0 Å². The molecule has 0 aliphatic heterocycles. The van der Waals surface area contributed by atoms with Gasteiger partial charge in [-0.15, -0.1) is 0 Å². The highest BCUT2D eigenvalue weighted by molar-refractivity contribution is 7.94. The first-order chi connectivity index (χ1) is 18.0. The summed E-state index contributed by atoms with van der Waals surface area (Å²) < 4.78 is 68.8. The quantitative estimate of drug-likeness (QED) is 0.220. The number of nitrogens with zero attached hydrogens (tertiary/aromatic N) is 1. The van der Waals surface area contributed by atoms with Crippen LogP contribution in [0.4, 0.5) is 18.9 Å². The third-order valence-corrected chi connectivity index (χ3v) is 8.35. The number of carbonyl (C=O) groups is 1. The number of aromatic nitrogens is 1. The van der Waals surface area contributed by atoms with Gasteiger partial charge in [-0.3, -0.25) is 19.7 Å². The number of sulfonamides is 1. The molecule has 11 heteroatoms. The number of anilines is 1. The number of rotatable bonds is 7. The Bertz CT molecular complexity index is 1480. The molecule has 1 aliphatic rings. The van der Waals surface area contributed by atoms with E-state index in [9.17, 15) is 26.4 Å². The van der Waals surface area contributed by atoms with Gasteiger partial charge >= 0.3 is 6.18 Å². The van der Waals surface area contributed by atoms with Crippen LogP contribution < -0.4 is 10.2 Å². The summed E-state index contributed by atoms with van der Waals surface area (Å²) in [6.45, 7) is 1.48. The molecule has 7 nitrogen and oxygen atoms in total. The molecule has 1 aliphatic carbocycles. The predicted molar refractivity (Wildman–Crippen MR) is 136 cm³/mol. The molecule has 4 rings (SSSR count). The zero-order valence-corrected chi connectivity index (χ0v) is 20.9. The monoisotopic (exact) mass is 543 g/mol. The largest absolute Gasteiger partial charge is 0.416 e. The molecule has 198 valence electrons. The lowest BCUT2D eigenvalue weighted by atomic mass is 9.90. The first-order valence-corrected chi connectivity index (χ1v) is 13.0. The molecule has 0 saturated heterocycles. The standard InChI is InChI=1S/C27H24F3N3O4S/c1-18-23(16-19-6-5-15-31-17-19)22(25(34)32-35)9-10-24(18)33-38(36,37)26(27(28,29)30)13-11-21(12-14-26)20-7-3-2-4-8-20/h2-15,17,21,33,35H,16H2,1H3,(H,32,34). The van der Waals surface area contributed by atoms with Crippen molar-refractivity contribution in [2.75, 3.05) is 4.72 Å². The van der Waals surface area contributed by atoms with Crippen molar-refractivity contribution in [3.05, 3.63) is 119 Å². The van der Waals surface area contributed by atoms with E-state index in [1.165, 1.54) is 42.9 Å². The third-order valence-electron chi connectivity index (χ3n) is 6.47. The Balaban J connectivity index is 1.74. The number of alkyl halides is 3. The Kier molecular flexibility index (Phi) is 7.43. The number of carbonyl (C=O) groups excluding carboxylic acids is 1. The van der Waals surface area contributed by atoms with Gasteiger partial charge in [0, 0.05) is 30.3 Å². The zero-order valence-electron chi connectivity index (χ0n) is 20.1. The van der Waals surface area contributed by atoms with E-state index in [-0.39, 0.29) is 23.2 Å². The predicted octanol–water partition coefficient (Wildman–Crippen LogP) is 5.05. The van der Waals surface area contributed by atoms with Crippen LogP contribution in [0.1, 0.15) is 38.5 Å². The second kappa shape index (κ2) is 10.4. The maximum Gasteiger partial charge on any atom is 0.416 e. The molecule has 0 saturated carbocycles. The molecule has 1 aromatic heterocycles. The van der Waals surface area contributed by atoms with Gasteiger partial charge in [0.2, 0.25) is 4.75 Å². The molecule has 1 heterocycles. The van der Waals surface area contributed by atoms with Gasteiger partial charge in [-0.05, 0) is 47.4 Å². The van der Waals surface area contributed by atoms with Crippen LogP contribution in [0.25, 0.3) is 0 Å². The minimum absolute atomic E-state index is 0.0329. The van der Waals surface area contributed by atoms with Crippen LogP contribution in [-0.2, 0) is 16.4 Å². The minimum atomic E-state index is -5.17. The molecule has 0 atom stereocenters. The van der Waals surface area contributed by atoms with E-state index < -0.39 is 32.8 Å². The van der Waals surface area contributed by atoms with Crippen molar-refractivity contribution < 1.29 is 31.6 Å². The van der Waals surface area contributed by atoms with Crippen molar-refractivity contribution in [1.82, 2.24) is 10.5 Å². The molecule has 1 amide bonds. The van der Waals surface area contributed by atoms with Gasteiger partial charge < -0.3 is 0 Å². The zero-order chi connectivity index (χ0) is 27.6. The highest BCUT2D eigenvalue weighted by Gasteiger charge is 2.61. The topological polar surface area (TPSA) is 108 Å². The van der Waals surface area contributed by atoms with Gasteiger partial charge in [0.15, 0.2) is 0 Å². The number of halogens is 3. The van der Waals surface area contributed by atoms with E-state index in [0.717, 1.165) is 5.56 Å². The fraction of sp³-hybridized carbons (Fsp3) is 0.185. The van der Waals surface area contributed by atoms with Crippen LogP contribution in [0.5, 0.6) is 0 Å². The van der Waals surface area contributed by atoms with Crippen molar-refractivity contribution >= 4 is 21.6 Å². The van der Waals surface area contributed by atoms with Crippen molar-refractivity contribution in [2.24, 2.45) is 0 Å². The summed E-state index contributed by atoms with van der Waals surface area (Å²) in [5, 5.41) is 9.16. The molecule has 0 unspecified atom stereocenters. The summed E-state index contributed by atoms with van der Waals surface area (Å²) in [6, 6.07) is 14.6. The van der Waals surface area contributed by atoms with Crippen LogP contribution >= 0.6 is 0 Å². The summed E-state index contributed by atoms with van der Waals surface area (Å²) in [7, 11) is -5.12. The number of benzene rings is 2. The maximum absolute atomic E-state index is 14.4. The Morgan fingerprint density at radius 3 is 2.32 bits per heavy atom. The SMILES string of the molecule is Cc1c(NS(=O)(=O)C2(C(F)(F)F)C=CC(c3ccccc3)C=C2)ccc(C(=O)NO)c1Cc1cccnc1. The molecular weight excluding hydrogens is 519 g/mol. The average molecular weight is 544 g/mol. The van der Waals surface area contributed by atoms with Crippen molar-refractivity contribution in [3.8, 4) is 0 Å². The fourth-order valence-electron chi connectivity index (χ4n) is 4.34. The van der Waals surface area contributed by atoms with Gasteiger partial charge in [-0.2, -0.15) is 13.2 Å². The van der Waals surface area contributed by atoms with Crippen molar-refractivity contribution in [2.45, 2.75) is 30.2 Å². The molecule has 0 spiro atoms. The first kappa shape index (κ1) is 27.1. The first-order valence-electron chi connectivity index (χ1n) is 11.5. The second-order valence-corrected chi connectivity index (χ2v) is 10.7. The van der Waals surface area contributed by atoms with Crippen LogP contribution in [-0.4, -0.2) is 35.4 Å². The Morgan fingerprint density at radius 2 is 1.74 bits per heavy atom. The van der Waals surface area contributed by atoms with E-state index >= 15 is 0 Å². The summed E-state index contributed by atoms with van der Waals surface area (Å²) in [5.41, 5.74) is 3.36. The maximum atomic E-state index is 14.4. The molecule has 3 N–H and O–H groups in total. The number of pyridine rings is 1. The molecule has 38 heavy (non-hydrogen) atoms. The number of allylic oxidation sites excluding steroid dienone is 2. The number of hydroxylamine groups is 1. The van der Waals surface area contributed by atoms with E-state index in [1.807, 2.05) is 0 Å². The van der Waals surface area contributed by atoms with Gasteiger partial charge in [-0.25, -0.2) is 13.9 Å². The molecular formula is C27H24F3N3O4S. The lowest BCUT2D eigenvalue weighted by molar-refractivity contribution is -0.139. The normalized spacial score (nSPS) is 19.2. The Hall–Kier alpha value is -3.96. The number of hydrogen-bond acceptors (Lipinski definition) is 5. The smallest absolute Gasteiger partial charge is 0.288 e. The fourth-order valence-corrected chi connectivity index (χ4v) is 5.83. The molecule has 0 fully saturated rings. The summed E-state index contributed by atoms with van der Waals surface area (Å²) >= 11 is 0. The molecule has 3 aromatic rings. The van der Waals surface area contributed by atoms with Crippen LogP contribution in [0.3, 0.4) is 0 Å². The number of amides is 1. The highest BCUT2D eigenvalue weighted by atomic mass is 32.2. The van der Waals surface area contributed by atoms with Crippen LogP contribution in [0.2, 0.25) is 0 Å². The summed E-state index contributed by atoms with van der Waals surface area (Å²) in [4.78, 5) is 16.3. The van der Waals surface area contributed by atoms with Crippen LogP contribution in [0.15, 0.2) is 91.3 Å². The van der Waals surface area contributed by atoms with E-state index in [1.54, 1.807) is 48.7 Å². The van der Waals surface area contributed by atoms with Gasteiger partial charge in [-0.1, -0.05) is 60.7 Å². The van der Waals surface area contributed by atoms with Gasteiger partial charge in [0.25, 0.3) is 15.9 Å². The average Bonchev–Trinajstić information content (AvgIpc) is 2.91. The van der Waals surface area contributed by atoms with E-state index in [4.69, 9.17) is 5.21 Å². The lowest BCUT2D eigenvalue weighted by Gasteiger charge is -2.33. The summed E-state index contributed by atoms with van der Waals surface area (Å²) in [5.74, 6) is -1.37. The number of nitrogens with one attached hydrogen (secondary N) is 2. The summed E-state index contributed by atoms with van der Waals surface area (Å²) in [6.07, 6.45) is 1.79. The van der Waals surface area contributed by atoms with Crippen LogP contribution in [0, 0.1) is 6.92 Å². The molecule has 2 aromatic carbocycles.